The topological polar surface area (TPSA) is 112 Å². The lowest BCUT2D eigenvalue weighted by Crippen LogP contribution is -2.17. The number of hydrazone groups is 1. The Morgan fingerprint density at radius 3 is 2.20 bits per heavy atom. The quantitative estimate of drug-likeness (QED) is 0.0944. The number of amides is 1. The second-order valence-electron chi connectivity index (χ2n) is 8.59. The molecule has 1 N–H and O–H groups in total. The normalized spacial score (nSPS) is 10.8. The van der Waals surface area contributed by atoms with Gasteiger partial charge in [0.15, 0.2) is 11.5 Å². The molecule has 0 saturated carbocycles. The van der Waals surface area contributed by atoms with Gasteiger partial charge in [-0.05, 0) is 97.9 Å². The second kappa shape index (κ2) is 14.4. The van der Waals surface area contributed by atoms with Crippen molar-refractivity contribution < 1.29 is 23.9 Å². The van der Waals surface area contributed by atoms with Gasteiger partial charge in [-0.2, -0.15) is 5.10 Å². The van der Waals surface area contributed by atoms with Crippen molar-refractivity contribution in [3.05, 3.63) is 126 Å². The molecule has 0 aliphatic heterocycles. The number of carbonyl (C=O) groups is 1. The number of nitro benzene ring substituents is 1. The van der Waals surface area contributed by atoms with E-state index in [1.54, 1.807) is 42.5 Å². The minimum atomic E-state index is -0.447. The molecular weight excluding hydrogens is 658 g/mol. The molecule has 41 heavy (non-hydrogen) atoms. The SMILES string of the molecule is CCOc1cc(C(=O)N/N=C/c2cc(Br)c(OCc3ccc([N+](=O)[O-])cc3)c(Br)c2)ccc1OCc1ccccc1. The van der Waals surface area contributed by atoms with E-state index in [-0.39, 0.29) is 12.3 Å². The summed E-state index contributed by atoms with van der Waals surface area (Å²) in [7, 11) is 0. The Labute approximate surface area is 253 Å². The van der Waals surface area contributed by atoms with Crippen LogP contribution in [0.3, 0.4) is 0 Å². The number of nitrogens with one attached hydrogen (secondary N) is 1. The molecule has 0 bridgehead atoms. The van der Waals surface area contributed by atoms with E-state index >= 15 is 0 Å². The lowest BCUT2D eigenvalue weighted by Gasteiger charge is -2.13. The maximum atomic E-state index is 12.8. The molecule has 0 saturated heterocycles. The zero-order valence-corrected chi connectivity index (χ0v) is 25.1. The van der Waals surface area contributed by atoms with Crippen molar-refractivity contribution in [3.63, 3.8) is 0 Å². The van der Waals surface area contributed by atoms with Gasteiger partial charge < -0.3 is 14.2 Å². The first-order valence-corrected chi connectivity index (χ1v) is 14.0. The minimum Gasteiger partial charge on any atom is -0.490 e. The Bertz CT molecular complexity index is 1520. The summed E-state index contributed by atoms with van der Waals surface area (Å²) in [6.07, 6.45) is 1.51. The highest BCUT2D eigenvalue weighted by molar-refractivity contribution is 9.11. The van der Waals surface area contributed by atoms with Gasteiger partial charge in [0.05, 0.1) is 26.7 Å². The molecule has 4 aromatic rings. The van der Waals surface area contributed by atoms with Crippen LogP contribution in [0.15, 0.2) is 99.0 Å². The zero-order chi connectivity index (χ0) is 29.2. The van der Waals surface area contributed by atoms with Gasteiger partial charge in [-0.25, -0.2) is 5.43 Å². The standard InChI is InChI=1S/C30H25Br2N3O6/c1-2-39-28-16-23(10-13-27(28)40-18-20-6-4-3-5-7-20)30(36)34-33-17-22-14-25(31)29(26(32)15-22)41-19-21-8-11-24(12-9-21)35(37)38/h3-17H,2,18-19H2,1H3,(H,34,36)/b33-17+. The summed E-state index contributed by atoms with van der Waals surface area (Å²) in [6, 6.07) is 24.5. The van der Waals surface area contributed by atoms with Crippen molar-refractivity contribution in [2.75, 3.05) is 6.61 Å². The number of hydrogen-bond acceptors (Lipinski definition) is 7. The number of ether oxygens (including phenoxy) is 3. The highest BCUT2D eigenvalue weighted by Gasteiger charge is 2.13. The van der Waals surface area contributed by atoms with Crippen LogP contribution in [0.25, 0.3) is 0 Å². The molecule has 0 radical (unpaired) electrons. The third-order valence-electron chi connectivity index (χ3n) is 5.67. The highest BCUT2D eigenvalue weighted by atomic mass is 79.9. The summed E-state index contributed by atoms with van der Waals surface area (Å²) < 4.78 is 18.8. The Morgan fingerprint density at radius 2 is 1.54 bits per heavy atom. The van der Waals surface area contributed by atoms with Crippen molar-refractivity contribution in [2.45, 2.75) is 20.1 Å². The summed E-state index contributed by atoms with van der Waals surface area (Å²) in [4.78, 5) is 23.1. The van der Waals surface area contributed by atoms with Gasteiger partial charge in [-0.3, -0.25) is 14.9 Å². The Balaban J connectivity index is 1.36. The lowest BCUT2D eigenvalue weighted by atomic mass is 10.2. The van der Waals surface area contributed by atoms with E-state index in [0.29, 0.717) is 50.5 Å². The Morgan fingerprint density at radius 1 is 0.878 bits per heavy atom. The number of rotatable bonds is 12. The predicted molar refractivity (Wildman–Crippen MR) is 163 cm³/mol. The van der Waals surface area contributed by atoms with Crippen molar-refractivity contribution in [2.24, 2.45) is 5.10 Å². The van der Waals surface area contributed by atoms with Gasteiger partial charge in [0.2, 0.25) is 0 Å². The van der Waals surface area contributed by atoms with Gasteiger partial charge in [-0.1, -0.05) is 30.3 Å². The molecule has 4 rings (SSSR count). The van der Waals surface area contributed by atoms with Gasteiger partial charge in [-0.15, -0.1) is 0 Å². The van der Waals surface area contributed by atoms with E-state index in [2.05, 4.69) is 42.4 Å². The Kier molecular flexibility index (Phi) is 10.5. The summed E-state index contributed by atoms with van der Waals surface area (Å²) >= 11 is 7.00. The average molecular weight is 683 g/mol. The van der Waals surface area contributed by atoms with Gasteiger partial charge >= 0.3 is 0 Å². The lowest BCUT2D eigenvalue weighted by molar-refractivity contribution is -0.384. The molecule has 0 atom stereocenters. The smallest absolute Gasteiger partial charge is 0.271 e. The van der Waals surface area contributed by atoms with Gasteiger partial charge in [0.25, 0.3) is 11.6 Å². The van der Waals surface area contributed by atoms with Crippen LogP contribution >= 0.6 is 31.9 Å². The van der Waals surface area contributed by atoms with Crippen molar-refractivity contribution in [1.29, 1.82) is 0 Å². The van der Waals surface area contributed by atoms with Crippen molar-refractivity contribution in [3.8, 4) is 17.2 Å². The van der Waals surface area contributed by atoms with Crippen LogP contribution in [0.1, 0.15) is 34.0 Å². The predicted octanol–water partition coefficient (Wildman–Crippen LogP) is 7.44. The number of benzene rings is 4. The largest absolute Gasteiger partial charge is 0.490 e. The van der Waals surface area contributed by atoms with E-state index < -0.39 is 10.8 Å². The molecule has 4 aromatic carbocycles. The van der Waals surface area contributed by atoms with E-state index in [0.717, 1.165) is 11.1 Å². The van der Waals surface area contributed by atoms with Crippen LogP contribution < -0.4 is 19.6 Å². The number of nitrogens with zero attached hydrogens (tertiary/aromatic N) is 2. The van der Waals surface area contributed by atoms with Gasteiger partial charge in [0, 0.05) is 17.7 Å². The van der Waals surface area contributed by atoms with E-state index in [1.165, 1.54) is 18.3 Å². The number of carbonyl (C=O) groups excluding carboxylic acids is 1. The first-order chi connectivity index (χ1) is 19.8. The zero-order valence-electron chi connectivity index (χ0n) is 21.9. The number of hydrogen-bond donors (Lipinski definition) is 1. The molecule has 0 fully saturated rings. The van der Waals surface area contributed by atoms with Crippen molar-refractivity contribution >= 4 is 49.7 Å². The summed E-state index contributed by atoms with van der Waals surface area (Å²) in [5.74, 6) is 1.17. The molecule has 9 nitrogen and oxygen atoms in total. The minimum absolute atomic E-state index is 0.0199. The molecule has 0 heterocycles. The molecule has 11 heteroatoms. The molecule has 0 unspecified atom stereocenters. The van der Waals surface area contributed by atoms with Gasteiger partial charge in [0.1, 0.15) is 19.0 Å². The van der Waals surface area contributed by atoms with E-state index in [9.17, 15) is 14.9 Å². The van der Waals surface area contributed by atoms with Crippen molar-refractivity contribution in [1.82, 2.24) is 5.43 Å². The third-order valence-corrected chi connectivity index (χ3v) is 6.85. The number of non-ortho nitro benzene ring substituents is 1. The molecule has 0 aliphatic carbocycles. The molecule has 0 aromatic heterocycles. The fourth-order valence-electron chi connectivity index (χ4n) is 3.66. The average Bonchev–Trinajstić information content (AvgIpc) is 2.97. The highest BCUT2D eigenvalue weighted by Crippen LogP contribution is 2.35. The molecule has 210 valence electrons. The third kappa shape index (κ3) is 8.38. The summed E-state index contributed by atoms with van der Waals surface area (Å²) in [5, 5.41) is 14.9. The fraction of sp³-hybridized carbons (Fsp3) is 0.133. The van der Waals surface area contributed by atoms with E-state index in [1.807, 2.05) is 37.3 Å². The maximum Gasteiger partial charge on any atom is 0.271 e. The fourth-order valence-corrected chi connectivity index (χ4v) is 5.11. The second-order valence-corrected chi connectivity index (χ2v) is 10.3. The number of nitro groups is 1. The number of halogens is 2. The maximum absolute atomic E-state index is 12.8. The summed E-state index contributed by atoms with van der Waals surface area (Å²) in [6.45, 7) is 2.88. The molecule has 0 spiro atoms. The molecule has 0 aliphatic rings. The van der Waals surface area contributed by atoms with Crippen LogP contribution in [-0.2, 0) is 13.2 Å². The van der Waals surface area contributed by atoms with Crippen LogP contribution in [0.2, 0.25) is 0 Å². The Hall–Kier alpha value is -4.22. The van der Waals surface area contributed by atoms with Crippen LogP contribution in [-0.4, -0.2) is 23.7 Å². The first kappa shape index (κ1) is 29.8. The monoisotopic (exact) mass is 681 g/mol. The van der Waals surface area contributed by atoms with Crippen LogP contribution in [0, 0.1) is 10.1 Å². The summed E-state index contributed by atoms with van der Waals surface area (Å²) in [5.41, 5.74) is 5.43. The molecule has 1 amide bonds. The van der Waals surface area contributed by atoms with Crippen LogP contribution in [0.5, 0.6) is 17.2 Å². The first-order valence-electron chi connectivity index (χ1n) is 12.5. The van der Waals surface area contributed by atoms with E-state index in [4.69, 9.17) is 14.2 Å². The van der Waals surface area contributed by atoms with Crippen LogP contribution in [0.4, 0.5) is 5.69 Å². The molecular formula is C30H25Br2N3O6.